The van der Waals surface area contributed by atoms with Gasteiger partial charge in [0.1, 0.15) is 0 Å². The zero-order chi connectivity index (χ0) is 12.1. The summed E-state index contributed by atoms with van der Waals surface area (Å²) in [7, 11) is 1.78. The SMILES string of the molecule is CCCc1ccc(NC(COC)C2CC2)cc1. The highest BCUT2D eigenvalue weighted by molar-refractivity contribution is 5.45. The fourth-order valence-electron chi connectivity index (χ4n) is 2.24. The third kappa shape index (κ3) is 3.74. The van der Waals surface area contributed by atoms with Crippen molar-refractivity contribution >= 4 is 5.69 Å². The first-order valence-corrected chi connectivity index (χ1v) is 6.68. The number of hydrogen-bond donors (Lipinski definition) is 1. The van der Waals surface area contributed by atoms with Gasteiger partial charge in [-0.25, -0.2) is 0 Å². The summed E-state index contributed by atoms with van der Waals surface area (Å²) in [6.07, 6.45) is 5.06. The lowest BCUT2D eigenvalue weighted by Crippen LogP contribution is -2.27. The van der Waals surface area contributed by atoms with E-state index < -0.39 is 0 Å². The van der Waals surface area contributed by atoms with E-state index in [1.165, 1.54) is 36.9 Å². The number of benzene rings is 1. The van der Waals surface area contributed by atoms with Crippen LogP contribution in [0.3, 0.4) is 0 Å². The van der Waals surface area contributed by atoms with Gasteiger partial charge in [-0.15, -0.1) is 0 Å². The molecule has 0 aliphatic heterocycles. The number of methoxy groups -OCH3 is 1. The van der Waals surface area contributed by atoms with E-state index in [4.69, 9.17) is 4.74 Å². The number of hydrogen-bond acceptors (Lipinski definition) is 2. The van der Waals surface area contributed by atoms with Crippen LogP contribution < -0.4 is 5.32 Å². The predicted molar refractivity (Wildman–Crippen MR) is 72.4 cm³/mol. The number of aryl methyl sites for hydroxylation is 1. The number of anilines is 1. The summed E-state index contributed by atoms with van der Waals surface area (Å²) in [5, 5.41) is 3.59. The lowest BCUT2D eigenvalue weighted by Gasteiger charge is -2.18. The van der Waals surface area contributed by atoms with Gasteiger partial charge in [-0.05, 0) is 42.9 Å². The summed E-state index contributed by atoms with van der Waals surface area (Å²) in [6, 6.07) is 9.31. The molecule has 1 atom stereocenters. The van der Waals surface area contributed by atoms with Gasteiger partial charge < -0.3 is 10.1 Å². The molecule has 1 N–H and O–H groups in total. The molecule has 0 bridgehead atoms. The van der Waals surface area contributed by atoms with Crippen LogP contribution in [0.2, 0.25) is 0 Å². The lowest BCUT2D eigenvalue weighted by molar-refractivity contribution is 0.179. The molecule has 1 unspecified atom stereocenters. The second kappa shape index (κ2) is 6.06. The average Bonchev–Trinajstić information content (AvgIpc) is 3.15. The Morgan fingerprint density at radius 2 is 2.00 bits per heavy atom. The summed E-state index contributed by atoms with van der Waals surface area (Å²) < 4.78 is 5.28. The van der Waals surface area contributed by atoms with Crippen molar-refractivity contribution in [2.24, 2.45) is 5.92 Å². The van der Waals surface area contributed by atoms with Gasteiger partial charge in [-0.1, -0.05) is 25.5 Å². The van der Waals surface area contributed by atoms with E-state index >= 15 is 0 Å². The molecule has 1 aliphatic carbocycles. The third-order valence-corrected chi connectivity index (χ3v) is 3.38. The van der Waals surface area contributed by atoms with Crippen molar-refractivity contribution in [2.75, 3.05) is 19.0 Å². The molecule has 0 saturated heterocycles. The molecular formula is C15H23NO. The first kappa shape index (κ1) is 12.4. The standard InChI is InChI=1S/C15H23NO/c1-3-4-12-5-9-14(10-6-12)16-15(11-17-2)13-7-8-13/h5-6,9-10,13,15-16H,3-4,7-8,11H2,1-2H3. The topological polar surface area (TPSA) is 21.3 Å². The molecule has 0 aromatic heterocycles. The van der Waals surface area contributed by atoms with E-state index in [1.54, 1.807) is 7.11 Å². The van der Waals surface area contributed by atoms with E-state index in [0.717, 1.165) is 12.5 Å². The minimum absolute atomic E-state index is 0.483. The van der Waals surface area contributed by atoms with Gasteiger partial charge in [0, 0.05) is 12.8 Å². The molecule has 1 fully saturated rings. The Morgan fingerprint density at radius 3 is 2.53 bits per heavy atom. The molecular weight excluding hydrogens is 210 g/mol. The van der Waals surface area contributed by atoms with Gasteiger partial charge in [-0.2, -0.15) is 0 Å². The average molecular weight is 233 g/mol. The van der Waals surface area contributed by atoms with Crippen molar-refractivity contribution in [3.8, 4) is 0 Å². The smallest absolute Gasteiger partial charge is 0.0666 e. The molecule has 0 amide bonds. The largest absolute Gasteiger partial charge is 0.383 e. The molecule has 0 heterocycles. The zero-order valence-electron chi connectivity index (χ0n) is 10.9. The van der Waals surface area contributed by atoms with Gasteiger partial charge in [0.25, 0.3) is 0 Å². The van der Waals surface area contributed by atoms with Gasteiger partial charge in [0.15, 0.2) is 0 Å². The minimum Gasteiger partial charge on any atom is -0.383 e. The molecule has 1 aliphatic rings. The van der Waals surface area contributed by atoms with Crippen molar-refractivity contribution in [1.29, 1.82) is 0 Å². The van der Waals surface area contributed by atoms with Gasteiger partial charge in [-0.3, -0.25) is 0 Å². The molecule has 1 aromatic carbocycles. The van der Waals surface area contributed by atoms with Gasteiger partial charge >= 0.3 is 0 Å². The van der Waals surface area contributed by atoms with Crippen LogP contribution in [0.5, 0.6) is 0 Å². The Bertz CT molecular complexity index is 329. The predicted octanol–water partition coefficient (Wildman–Crippen LogP) is 3.48. The minimum atomic E-state index is 0.483. The molecule has 1 aromatic rings. The molecule has 2 rings (SSSR count). The van der Waals surface area contributed by atoms with Crippen LogP contribution in [0.25, 0.3) is 0 Å². The van der Waals surface area contributed by atoms with Crippen molar-refractivity contribution in [3.05, 3.63) is 29.8 Å². The second-order valence-electron chi connectivity index (χ2n) is 4.99. The fourth-order valence-corrected chi connectivity index (χ4v) is 2.24. The van der Waals surface area contributed by atoms with Crippen LogP contribution in [0.1, 0.15) is 31.7 Å². The highest BCUT2D eigenvalue weighted by atomic mass is 16.5. The monoisotopic (exact) mass is 233 g/mol. The Labute approximate surface area is 104 Å². The van der Waals surface area contributed by atoms with Crippen molar-refractivity contribution in [1.82, 2.24) is 0 Å². The Kier molecular flexibility index (Phi) is 4.43. The van der Waals surface area contributed by atoms with E-state index in [-0.39, 0.29) is 0 Å². The summed E-state index contributed by atoms with van der Waals surface area (Å²) in [4.78, 5) is 0. The highest BCUT2D eigenvalue weighted by Gasteiger charge is 2.30. The molecule has 0 radical (unpaired) electrons. The lowest BCUT2D eigenvalue weighted by atomic mass is 10.1. The summed E-state index contributed by atoms with van der Waals surface area (Å²) in [5.41, 5.74) is 2.64. The second-order valence-corrected chi connectivity index (χ2v) is 4.99. The van der Waals surface area contributed by atoms with Gasteiger partial charge in [0.05, 0.1) is 12.6 Å². The number of ether oxygens (including phenoxy) is 1. The molecule has 0 spiro atoms. The van der Waals surface area contributed by atoms with Crippen LogP contribution in [-0.4, -0.2) is 19.8 Å². The van der Waals surface area contributed by atoms with Crippen molar-refractivity contribution in [3.63, 3.8) is 0 Å². The Hall–Kier alpha value is -1.02. The summed E-state index contributed by atoms with van der Waals surface area (Å²) in [5.74, 6) is 0.810. The third-order valence-electron chi connectivity index (χ3n) is 3.38. The summed E-state index contributed by atoms with van der Waals surface area (Å²) in [6.45, 7) is 3.02. The van der Waals surface area contributed by atoms with Crippen LogP contribution >= 0.6 is 0 Å². The van der Waals surface area contributed by atoms with E-state index in [1.807, 2.05) is 0 Å². The van der Waals surface area contributed by atoms with Crippen LogP contribution in [0.4, 0.5) is 5.69 Å². The quantitative estimate of drug-likeness (QED) is 0.778. The van der Waals surface area contributed by atoms with Crippen molar-refractivity contribution < 1.29 is 4.74 Å². The van der Waals surface area contributed by atoms with Crippen LogP contribution in [-0.2, 0) is 11.2 Å². The maximum Gasteiger partial charge on any atom is 0.0666 e. The van der Waals surface area contributed by atoms with Crippen molar-refractivity contribution in [2.45, 2.75) is 38.6 Å². The normalized spacial score (nSPS) is 16.8. The maximum atomic E-state index is 5.28. The van der Waals surface area contributed by atoms with E-state index in [0.29, 0.717) is 6.04 Å². The van der Waals surface area contributed by atoms with E-state index in [2.05, 4.69) is 36.5 Å². The molecule has 94 valence electrons. The molecule has 17 heavy (non-hydrogen) atoms. The summed E-state index contributed by atoms with van der Waals surface area (Å²) >= 11 is 0. The first-order valence-electron chi connectivity index (χ1n) is 6.68. The molecule has 1 saturated carbocycles. The van der Waals surface area contributed by atoms with Crippen LogP contribution in [0, 0.1) is 5.92 Å². The van der Waals surface area contributed by atoms with Gasteiger partial charge in [0.2, 0.25) is 0 Å². The Morgan fingerprint density at radius 1 is 1.29 bits per heavy atom. The molecule has 2 nitrogen and oxygen atoms in total. The zero-order valence-corrected chi connectivity index (χ0v) is 10.9. The van der Waals surface area contributed by atoms with E-state index in [9.17, 15) is 0 Å². The fraction of sp³-hybridized carbons (Fsp3) is 0.600. The number of rotatable bonds is 7. The molecule has 2 heteroatoms. The highest BCUT2D eigenvalue weighted by Crippen LogP contribution is 2.34. The van der Waals surface area contributed by atoms with Crippen LogP contribution in [0.15, 0.2) is 24.3 Å². The first-order chi connectivity index (χ1) is 8.33. The maximum absolute atomic E-state index is 5.28. The number of nitrogens with one attached hydrogen (secondary N) is 1. The Balaban J connectivity index is 1.92.